The Morgan fingerprint density at radius 2 is 2.07 bits per heavy atom. The highest BCUT2D eigenvalue weighted by Gasteiger charge is 2.19. The molecule has 150 valence electrons. The second-order valence-corrected chi connectivity index (χ2v) is 7.91. The molecule has 9 nitrogen and oxygen atoms in total. The SMILES string of the molecule is CCCN(Cc1nnc(-c2cccs2)o1)C(=O)CSc1nnc(-c2ccc[nH]2)o1. The van der Waals surface area contributed by atoms with Gasteiger partial charge in [0, 0.05) is 12.7 Å². The number of hydrogen-bond acceptors (Lipinski definition) is 9. The number of H-pyrrole nitrogens is 1. The van der Waals surface area contributed by atoms with Crippen LogP contribution in [0.2, 0.25) is 0 Å². The Balaban J connectivity index is 1.36. The first-order valence-electron chi connectivity index (χ1n) is 8.97. The molecule has 11 heteroatoms. The van der Waals surface area contributed by atoms with E-state index in [4.69, 9.17) is 8.83 Å². The highest BCUT2D eigenvalue weighted by atomic mass is 32.2. The lowest BCUT2D eigenvalue weighted by molar-refractivity contribution is -0.129. The van der Waals surface area contributed by atoms with Crippen molar-refractivity contribution >= 4 is 29.0 Å². The standard InChI is InChI=1S/C18H18N6O3S2/c1-2-8-24(10-14-20-22-17(26-14)13-6-4-9-28-13)15(25)11-29-18-23-21-16(27-18)12-5-3-7-19-12/h3-7,9,19H,2,8,10-11H2,1H3. The van der Waals surface area contributed by atoms with Crippen molar-refractivity contribution in [3.05, 3.63) is 41.7 Å². The van der Waals surface area contributed by atoms with E-state index in [1.54, 1.807) is 11.1 Å². The van der Waals surface area contributed by atoms with Crippen molar-refractivity contribution in [1.82, 2.24) is 30.3 Å². The van der Waals surface area contributed by atoms with Gasteiger partial charge in [0.2, 0.25) is 11.8 Å². The van der Waals surface area contributed by atoms with Crippen molar-refractivity contribution in [3.63, 3.8) is 0 Å². The summed E-state index contributed by atoms with van der Waals surface area (Å²) in [6.45, 7) is 2.87. The van der Waals surface area contributed by atoms with E-state index in [0.29, 0.717) is 29.4 Å². The van der Waals surface area contributed by atoms with Gasteiger partial charge in [-0.05, 0) is 30.0 Å². The van der Waals surface area contributed by atoms with Crippen LogP contribution in [0.4, 0.5) is 0 Å². The first-order valence-corrected chi connectivity index (χ1v) is 10.8. The molecule has 0 atom stereocenters. The lowest BCUT2D eigenvalue weighted by Gasteiger charge is -2.19. The molecule has 4 heterocycles. The van der Waals surface area contributed by atoms with Crippen molar-refractivity contribution in [1.29, 1.82) is 0 Å². The fraction of sp³-hybridized carbons (Fsp3) is 0.278. The van der Waals surface area contributed by atoms with Crippen molar-refractivity contribution in [2.45, 2.75) is 25.1 Å². The molecule has 4 aromatic heterocycles. The molecule has 0 spiro atoms. The summed E-state index contributed by atoms with van der Waals surface area (Å²) < 4.78 is 11.3. The number of carbonyl (C=O) groups is 1. The van der Waals surface area contributed by atoms with Gasteiger partial charge >= 0.3 is 0 Å². The first-order chi connectivity index (χ1) is 14.2. The van der Waals surface area contributed by atoms with Crippen LogP contribution < -0.4 is 0 Å². The largest absolute Gasteiger partial charge is 0.418 e. The fourth-order valence-corrected chi connectivity index (χ4v) is 3.91. The van der Waals surface area contributed by atoms with Crippen LogP contribution in [-0.2, 0) is 11.3 Å². The van der Waals surface area contributed by atoms with E-state index >= 15 is 0 Å². The Bertz CT molecular complexity index is 1040. The minimum atomic E-state index is -0.0626. The lowest BCUT2D eigenvalue weighted by Crippen LogP contribution is -2.32. The van der Waals surface area contributed by atoms with E-state index in [1.807, 2.05) is 36.6 Å². The molecule has 0 saturated heterocycles. The summed E-state index contributed by atoms with van der Waals surface area (Å²) in [5, 5.41) is 18.4. The lowest BCUT2D eigenvalue weighted by atomic mass is 10.4. The molecule has 0 aromatic carbocycles. The fourth-order valence-electron chi connectivity index (χ4n) is 2.60. The molecule has 0 radical (unpaired) electrons. The minimum Gasteiger partial charge on any atom is -0.418 e. The third kappa shape index (κ3) is 4.74. The van der Waals surface area contributed by atoms with E-state index in [1.165, 1.54) is 23.1 Å². The number of nitrogens with zero attached hydrogens (tertiary/aromatic N) is 5. The number of rotatable bonds is 9. The van der Waals surface area contributed by atoms with Gasteiger partial charge in [-0.1, -0.05) is 24.8 Å². The van der Waals surface area contributed by atoms with E-state index in [9.17, 15) is 4.79 Å². The molecule has 0 aliphatic rings. The average Bonchev–Trinajstić information content (AvgIpc) is 3.52. The monoisotopic (exact) mass is 430 g/mol. The summed E-state index contributed by atoms with van der Waals surface area (Å²) in [7, 11) is 0. The number of aromatic amines is 1. The molecule has 0 unspecified atom stereocenters. The highest BCUT2D eigenvalue weighted by molar-refractivity contribution is 7.99. The summed E-state index contributed by atoms with van der Waals surface area (Å²) >= 11 is 2.73. The topological polar surface area (TPSA) is 114 Å². The number of nitrogens with one attached hydrogen (secondary N) is 1. The van der Waals surface area contributed by atoms with Crippen molar-refractivity contribution in [2.75, 3.05) is 12.3 Å². The summed E-state index contributed by atoms with van der Waals surface area (Å²) in [4.78, 5) is 18.3. The van der Waals surface area contributed by atoms with Crippen LogP contribution >= 0.6 is 23.1 Å². The van der Waals surface area contributed by atoms with Gasteiger partial charge in [-0.15, -0.1) is 31.7 Å². The average molecular weight is 431 g/mol. The second kappa shape index (κ2) is 9.05. The molecule has 29 heavy (non-hydrogen) atoms. The van der Waals surface area contributed by atoms with Crippen LogP contribution in [0, 0.1) is 0 Å². The summed E-state index contributed by atoms with van der Waals surface area (Å²) in [5.41, 5.74) is 0.737. The van der Waals surface area contributed by atoms with Crippen LogP contribution in [0.5, 0.6) is 0 Å². The van der Waals surface area contributed by atoms with Gasteiger partial charge in [0.25, 0.3) is 17.0 Å². The van der Waals surface area contributed by atoms with Crippen LogP contribution in [0.15, 0.2) is 49.9 Å². The Kier molecular flexibility index (Phi) is 6.06. The van der Waals surface area contributed by atoms with Gasteiger partial charge in [0.1, 0.15) is 5.69 Å². The molecular formula is C18H18N6O3S2. The maximum Gasteiger partial charge on any atom is 0.277 e. The number of thioether (sulfide) groups is 1. The van der Waals surface area contributed by atoms with Crippen LogP contribution in [-0.4, -0.2) is 48.5 Å². The Hall–Kier alpha value is -2.92. The van der Waals surface area contributed by atoms with E-state index in [2.05, 4.69) is 25.4 Å². The molecule has 0 saturated carbocycles. The van der Waals surface area contributed by atoms with Gasteiger partial charge in [-0.3, -0.25) is 4.79 Å². The van der Waals surface area contributed by atoms with Gasteiger partial charge in [-0.2, -0.15) is 0 Å². The maximum absolute atomic E-state index is 12.7. The second-order valence-electron chi connectivity index (χ2n) is 6.04. The van der Waals surface area contributed by atoms with E-state index in [0.717, 1.165) is 17.0 Å². The zero-order valence-corrected chi connectivity index (χ0v) is 17.2. The van der Waals surface area contributed by atoms with Crippen LogP contribution in [0.25, 0.3) is 22.4 Å². The third-order valence-electron chi connectivity index (χ3n) is 3.93. The van der Waals surface area contributed by atoms with Crippen molar-refractivity contribution in [2.24, 2.45) is 0 Å². The van der Waals surface area contributed by atoms with Gasteiger partial charge in [0.15, 0.2) is 0 Å². The number of hydrogen-bond donors (Lipinski definition) is 1. The highest BCUT2D eigenvalue weighted by Crippen LogP contribution is 2.24. The molecule has 1 N–H and O–H groups in total. The van der Waals surface area contributed by atoms with E-state index < -0.39 is 0 Å². The van der Waals surface area contributed by atoms with Crippen LogP contribution in [0.3, 0.4) is 0 Å². The molecular weight excluding hydrogens is 412 g/mol. The Morgan fingerprint density at radius 1 is 1.17 bits per heavy atom. The van der Waals surface area contributed by atoms with Gasteiger partial charge in [0.05, 0.1) is 17.2 Å². The molecule has 0 bridgehead atoms. The van der Waals surface area contributed by atoms with Crippen molar-refractivity contribution < 1.29 is 13.6 Å². The Labute approximate surface area is 174 Å². The summed E-state index contributed by atoms with van der Waals surface area (Å²) in [6.07, 6.45) is 2.60. The molecule has 4 rings (SSSR count). The molecule has 0 fully saturated rings. The summed E-state index contributed by atoms with van der Waals surface area (Å²) in [6, 6.07) is 7.52. The zero-order valence-electron chi connectivity index (χ0n) is 15.6. The van der Waals surface area contributed by atoms with Gasteiger partial charge in [-0.25, -0.2) is 0 Å². The smallest absolute Gasteiger partial charge is 0.277 e. The van der Waals surface area contributed by atoms with E-state index in [-0.39, 0.29) is 18.2 Å². The number of thiophene rings is 1. The summed E-state index contributed by atoms with van der Waals surface area (Å²) in [5.74, 6) is 1.39. The first kappa shape index (κ1) is 19.4. The van der Waals surface area contributed by atoms with Gasteiger partial charge < -0.3 is 18.7 Å². The quantitative estimate of drug-likeness (QED) is 0.400. The van der Waals surface area contributed by atoms with Crippen molar-refractivity contribution in [3.8, 4) is 22.4 Å². The number of aromatic nitrogens is 5. The molecule has 4 aromatic rings. The van der Waals surface area contributed by atoms with Crippen LogP contribution in [0.1, 0.15) is 19.2 Å². The third-order valence-corrected chi connectivity index (χ3v) is 5.59. The predicted octanol–water partition coefficient (Wildman–Crippen LogP) is 3.71. The Morgan fingerprint density at radius 3 is 2.83 bits per heavy atom. The molecule has 0 aliphatic heterocycles. The predicted molar refractivity (Wildman–Crippen MR) is 108 cm³/mol. The molecule has 0 aliphatic carbocycles. The molecule has 1 amide bonds. The maximum atomic E-state index is 12.7. The number of amides is 1. The number of carbonyl (C=O) groups excluding carboxylic acids is 1. The minimum absolute atomic E-state index is 0.0626. The normalized spacial score (nSPS) is 11.1. The zero-order chi connectivity index (χ0) is 20.1.